The summed E-state index contributed by atoms with van der Waals surface area (Å²) in [4.78, 5) is 3.90. The SMILES string of the molecule is Nc1c(-c2ccc(C(F)(F)F)cc2)cnc(Cl)c1Br. The summed E-state index contributed by atoms with van der Waals surface area (Å²) in [6.07, 6.45) is -2.94. The highest BCUT2D eigenvalue weighted by Gasteiger charge is 2.30. The van der Waals surface area contributed by atoms with Gasteiger partial charge in [-0.25, -0.2) is 4.98 Å². The average Bonchev–Trinajstić information content (AvgIpc) is 2.35. The van der Waals surface area contributed by atoms with Crippen LogP contribution in [0.5, 0.6) is 0 Å². The Bertz CT molecular complexity index is 612. The molecule has 0 spiro atoms. The number of rotatable bonds is 1. The molecule has 0 aliphatic heterocycles. The lowest BCUT2D eigenvalue weighted by Crippen LogP contribution is -2.04. The van der Waals surface area contributed by atoms with Crippen molar-refractivity contribution in [2.24, 2.45) is 0 Å². The highest BCUT2D eigenvalue weighted by atomic mass is 79.9. The van der Waals surface area contributed by atoms with Crippen molar-refractivity contribution in [3.8, 4) is 11.1 Å². The van der Waals surface area contributed by atoms with E-state index in [0.717, 1.165) is 12.1 Å². The van der Waals surface area contributed by atoms with Crippen LogP contribution in [-0.2, 0) is 6.18 Å². The summed E-state index contributed by atoms with van der Waals surface area (Å²) in [7, 11) is 0. The van der Waals surface area contributed by atoms with Crippen LogP contribution >= 0.6 is 27.5 Å². The Labute approximate surface area is 120 Å². The van der Waals surface area contributed by atoms with Gasteiger partial charge in [0, 0.05) is 11.8 Å². The van der Waals surface area contributed by atoms with E-state index in [1.165, 1.54) is 18.3 Å². The van der Waals surface area contributed by atoms with Gasteiger partial charge in [0.2, 0.25) is 0 Å². The zero-order valence-corrected chi connectivity index (χ0v) is 11.6. The molecule has 0 amide bonds. The molecule has 0 aliphatic carbocycles. The van der Waals surface area contributed by atoms with Crippen LogP contribution in [0, 0.1) is 0 Å². The van der Waals surface area contributed by atoms with Crippen molar-refractivity contribution in [3.63, 3.8) is 0 Å². The Balaban J connectivity index is 2.46. The molecular weight excluding hydrogens is 344 g/mol. The van der Waals surface area contributed by atoms with E-state index in [9.17, 15) is 13.2 Å². The lowest BCUT2D eigenvalue weighted by Gasteiger charge is -2.10. The van der Waals surface area contributed by atoms with Gasteiger partial charge in [-0.1, -0.05) is 23.7 Å². The molecule has 2 aromatic rings. The van der Waals surface area contributed by atoms with Gasteiger partial charge in [-0.2, -0.15) is 13.2 Å². The Morgan fingerprint density at radius 3 is 2.26 bits per heavy atom. The van der Waals surface area contributed by atoms with E-state index in [0.29, 0.717) is 21.3 Å². The molecular formula is C12H7BrClF3N2. The lowest BCUT2D eigenvalue weighted by atomic mass is 10.0. The molecule has 2 nitrogen and oxygen atoms in total. The number of halogens is 5. The molecule has 0 saturated heterocycles. The van der Waals surface area contributed by atoms with E-state index in [2.05, 4.69) is 20.9 Å². The van der Waals surface area contributed by atoms with Crippen molar-refractivity contribution in [3.05, 3.63) is 45.7 Å². The monoisotopic (exact) mass is 350 g/mol. The number of hydrogen-bond donors (Lipinski definition) is 1. The highest BCUT2D eigenvalue weighted by Crippen LogP contribution is 2.36. The Kier molecular flexibility index (Phi) is 3.73. The number of benzene rings is 1. The van der Waals surface area contributed by atoms with E-state index < -0.39 is 11.7 Å². The van der Waals surface area contributed by atoms with Crippen LogP contribution < -0.4 is 5.73 Å². The molecule has 0 fully saturated rings. The average molecular weight is 352 g/mol. The molecule has 0 saturated carbocycles. The van der Waals surface area contributed by atoms with Crippen LogP contribution in [0.2, 0.25) is 5.15 Å². The van der Waals surface area contributed by atoms with E-state index in [-0.39, 0.29) is 5.15 Å². The maximum absolute atomic E-state index is 12.5. The van der Waals surface area contributed by atoms with Crippen molar-refractivity contribution in [1.29, 1.82) is 0 Å². The molecule has 0 aliphatic rings. The summed E-state index contributed by atoms with van der Waals surface area (Å²) in [5, 5.41) is 0.202. The summed E-state index contributed by atoms with van der Waals surface area (Å²) in [5.41, 5.74) is 6.52. The maximum Gasteiger partial charge on any atom is 0.416 e. The lowest BCUT2D eigenvalue weighted by molar-refractivity contribution is -0.137. The molecule has 2 N–H and O–H groups in total. The van der Waals surface area contributed by atoms with Gasteiger partial charge in [-0.15, -0.1) is 0 Å². The Morgan fingerprint density at radius 1 is 1.16 bits per heavy atom. The molecule has 1 heterocycles. The zero-order valence-electron chi connectivity index (χ0n) is 9.30. The molecule has 100 valence electrons. The van der Waals surface area contributed by atoms with Gasteiger partial charge in [-0.05, 0) is 33.6 Å². The van der Waals surface area contributed by atoms with E-state index in [1.54, 1.807) is 0 Å². The third kappa shape index (κ3) is 2.84. The van der Waals surface area contributed by atoms with Gasteiger partial charge in [0.25, 0.3) is 0 Å². The van der Waals surface area contributed by atoms with Crippen LogP contribution in [0.25, 0.3) is 11.1 Å². The largest absolute Gasteiger partial charge is 0.416 e. The second-order valence-corrected chi connectivity index (χ2v) is 4.92. The minimum absolute atomic E-state index is 0.202. The Hall–Kier alpha value is -1.27. The van der Waals surface area contributed by atoms with E-state index in [4.69, 9.17) is 17.3 Å². The highest BCUT2D eigenvalue weighted by molar-refractivity contribution is 9.10. The second kappa shape index (κ2) is 5.02. The fourth-order valence-corrected chi connectivity index (χ4v) is 2.01. The second-order valence-electron chi connectivity index (χ2n) is 3.77. The summed E-state index contributed by atoms with van der Waals surface area (Å²) in [5.74, 6) is 0. The number of nitrogens with two attached hydrogens (primary N) is 1. The van der Waals surface area contributed by atoms with Crippen LogP contribution in [0.3, 0.4) is 0 Å². The Morgan fingerprint density at radius 2 is 1.74 bits per heavy atom. The van der Waals surface area contributed by atoms with Gasteiger partial charge in [0.15, 0.2) is 0 Å². The van der Waals surface area contributed by atoms with Gasteiger partial charge in [0.05, 0.1) is 15.7 Å². The maximum atomic E-state index is 12.5. The number of alkyl halides is 3. The third-order valence-electron chi connectivity index (χ3n) is 2.54. The van der Waals surface area contributed by atoms with Crippen molar-refractivity contribution in [1.82, 2.24) is 4.98 Å². The number of hydrogen-bond acceptors (Lipinski definition) is 2. The summed E-state index contributed by atoms with van der Waals surface area (Å²) in [6, 6.07) is 4.68. The standard InChI is InChI=1S/C12H7BrClF3N2/c13-9-10(18)8(5-19-11(9)14)6-1-3-7(4-2-6)12(15,16)17/h1-5H,(H2,18,19). The molecule has 19 heavy (non-hydrogen) atoms. The first-order chi connectivity index (χ1) is 8.80. The minimum Gasteiger partial charge on any atom is -0.397 e. The topological polar surface area (TPSA) is 38.9 Å². The van der Waals surface area contributed by atoms with E-state index in [1.807, 2.05) is 0 Å². The summed E-state index contributed by atoms with van der Waals surface area (Å²) >= 11 is 8.95. The normalized spacial score (nSPS) is 11.6. The van der Waals surface area contributed by atoms with Crippen LogP contribution in [-0.4, -0.2) is 4.98 Å². The van der Waals surface area contributed by atoms with E-state index >= 15 is 0 Å². The van der Waals surface area contributed by atoms with Crippen LogP contribution in [0.15, 0.2) is 34.9 Å². The summed E-state index contributed by atoms with van der Waals surface area (Å²) in [6.45, 7) is 0. The molecule has 2 rings (SSSR count). The minimum atomic E-state index is -4.36. The molecule has 0 atom stereocenters. The predicted molar refractivity (Wildman–Crippen MR) is 71.8 cm³/mol. The van der Waals surface area contributed by atoms with Crippen LogP contribution in [0.1, 0.15) is 5.56 Å². The smallest absolute Gasteiger partial charge is 0.397 e. The zero-order chi connectivity index (χ0) is 14.2. The fraction of sp³-hybridized carbons (Fsp3) is 0.0833. The third-order valence-corrected chi connectivity index (χ3v) is 3.86. The molecule has 1 aromatic heterocycles. The first-order valence-electron chi connectivity index (χ1n) is 5.08. The number of nitrogen functional groups attached to an aromatic ring is 1. The summed E-state index contributed by atoms with van der Waals surface area (Å²) < 4.78 is 37.8. The molecule has 0 radical (unpaired) electrons. The predicted octanol–water partition coefficient (Wildman–Crippen LogP) is 4.77. The van der Waals surface area contributed by atoms with Gasteiger partial charge >= 0.3 is 6.18 Å². The molecule has 0 unspecified atom stereocenters. The molecule has 1 aromatic carbocycles. The van der Waals surface area contributed by atoms with Crippen molar-refractivity contribution in [2.45, 2.75) is 6.18 Å². The van der Waals surface area contributed by atoms with Crippen molar-refractivity contribution < 1.29 is 13.2 Å². The number of pyridine rings is 1. The van der Waals surface area contributed by atoms with Gasteiger partial charge in [-0.3, -0.25) is 0 Å². The van der Waals surface area contributed by atoms with Gasteiger partial charge < -0.3 is 5.73 Å². The van der Waals surface area contributed by atoms with Crippen molar-refractivity contribution >= 4 is 33.2 Å². The quantitative estimate of drug-likeness (QED) is 0.752. The number of aromatic nitrogens is 1. The van der Waals surface area contributed by atoms with Gasteiger partial charge in [0.1, 0.15) is 5.15 Å². The van der Waals surface area contributed by atoms with Crippen molar-refractivity contribution in [2.75, 3.05) is 5.73 Å². The van der Waals surface area contributed by atoms with Crippen LogP contribution in [0.4, 0.5) is 18.9 Å². The number of nitrogens with zero attached hydrogens (tertiary/aromatic N) is 1. The fourth-order valence-electron chi connectivity index (χ4n) is 1.55. The molecule has 7 heteroatoms. The number of anilines is 1. The first-order valence-corrected chi connectivity index (χ1v) is 6.25. The first kappa shape index (κ1) is 14.1. The molecule has 0 bridgehead atoms.